The first-order valence-corrected chi connectivity index (χ1v) is 3.35. The van der Waals surface area contributed by atoms with Crippen molar-refractivity contribution < 1.29 is 19.8 Å². The van der Waals surface area contributed by atoms with Crippen molar-refractivity contribution in [3.63, 3.8) is 0 Å². The molecule has 1 heterocycles. The highest BCUT2D eigenvalue weighted by molar-refractivity contribution is 8.14. The molecule has 11 heavy (non-hydrogen) atoms. The zero-order chi connectivity index (χ0) is 8.43. The first kappa shape index (κ1) is 7.86. The summed E-state index contributed by atoms with van der Waals surface area (Å²) in [5.74, 6) is -1.20. The summed E-state index contributed by atoms with van der Waals surface area (Å²) < 4.78 is 0.837. The zero-order valence-corrected chi connectivity index (χ0v) is 6.04. The third-order valence-corrected chi connectivity index (χ3v) is 1.90. The number of amides is 1. The predicted octanol–water partition coefficient (Wildman–Crippen LogP) is 0.0688. The van der Waals surface area contributed by atoms with Crippen LogP contribution in [0.15, 0.2) is 4.99 Å². The minimum absolute atomic E-state index is 0.109. The lowest BCUT2D eigenvalue weighted by Crippen LogP contribution is -2.20. The Balaban J connectivity index is 2.56. The summed E-state index contributed by atoms with van der Waals surface area (Å²) in [5, 5.41) is 16.5. The largest absolute Gasteiger partial charge is 0.476 e. The van der Waals surface area contributed by atoms with E-state index in [-0.39, 0.29) is 11.7 Å². The van der Waals surface area contributed by atoms with Crippen LogP contribution in [0, 0.1) is 0 Å². The molecule has 0 saturated heterocycles. The highest BCUT2D eigenvalue weighted by Gasteiger charge is 2.25. The molecule has 0 radical (unpaired) electrons. The first-order valence-electron chi connectivity index (χ1n) is 2.57. The Morgan fingerprint density at radius 2 is 2.18 bits per heavy atom. The Bertz CT molecular complexity index is 238. The number of carboxylic acid groups (broad SMARTS) is 2. The number of aliphatic carboxylic acids is 1. The molecule has 0 aromatic rings. The second-order valence-electron chi connectivity index (χ2n) is 1.66. The summed E-state index contributed by atoms with van der Waals surface area (Å²) in [6.45, 7) is -0.109. The molecule has 0 unspecified atom stereocenters. The van der Waals surface area contributed by atoms with Gasteiger partial charge in [-0.1, -0.05) is 0 Å². The molecule has 6 nitrogen and oxygen atoms in total. The molecule has 0 atom stereocenters. The van der Waals surface area contributed by atoms with Crippen LogP contribution >= 0.6 is 11.9 Å². The predicted molar refractivity (Wildman–Crippen MR) is 37.4 cm³/mol. The minimum Gasteiger partial charge on any atom is -0.476 e. The van der Waals surface area contributed by atoms with Gasteiger partial charge < -0.3 is 10.2 Å². The molecular weight excluding hydrogens is 172 g/mol. The van der Waals surface area contributed by atoms with Crippen molar-refractivity contribution in [1.29, 1.82) is 0 Å². The molecule has 2 N–H and O–H groups in total. The molecule has 7 heteroatoms. The van der Waals surface area contributed by atoms with Crippen molar-refractivity contribution in [2.24, 2.45) is 4.99 Å². The molecule has 1 aliphatic heterocycles. The maximum atomic E-state index is 10.2. The van der Waals surface area contributed by atoms with E-state index in [1.807, 2.05) is 0 Å². The highest BCUT2D eigenvalue weighted by Crippen LogP contribution is 2.19. The molecule has 1 aliphatic rings. The van der Waals surface area contributed by atoms with Crippen molar-refractivity contribution >= 4 is 29.1 Å². The molecule has 60 valence electrons. The molecule has 0 spiro atoms. The van der Waals surface area contributed by atoms with Crippen molar-refractivity contribution in [3.8, 4) is 0 Å². The summed E-state index contributed by atoms with van der Waals surface area (Å²) in [4.78, 5) is 23.9. The monoisotopic (exact) mass is 176 g/mol. The Labute approximate surface area is 65.7 Å². The van der Waals surface area contributed by atoms with Crippen LogP contribution in [0.1, 0.15) is 0 Å². The van der Waals surface area contributed by atoms with Gasteiger partial charge in [0.25, 0.3) is 0 Å². The highest BCUT2D eigenvalue weighted by atomic mass is 32.2. The quantitative estimate of drug-likeness (QED) is 0.551. The normalized spacial score (nSPS) is 16.4. The minimum atomic E-state index is -1.20. The molecule has 0 aromatic heterocycles. The van der Waals surface area contributed by atoms with E-state index in [9.17, 15) is 9.59 Å². The van der Waals surface area contributed by atoms with Crippen LogP contribution < -0.4 is 0 Å². The summed E-state index contributed by atoms with van der Waals surface area (Å²) in [7, 11) is 0. The lowest BCUT2D eigenvalue weighted by molar-refractivity contribution is -0.129. The Morgan fingerprint density at radius 3 is 2.45 bits per heavy atom. The number of hydrogen-bond donors (Lipinski definition) is 2. The maximum absolute atomic E-state index is 10.2. The van der Waals surface area contributed by atoms with Crippen LogP contribution in [-0.4, -0.2) is 38.3 Å². The van der Waals surface area contributed by atoms with Gasteiger partial charge in [-0.2, -0.15) is 0 Å². The van der Waals surface area contributed by atoms with E-state index in [1.54, 1.807) is 0 Å². The average Bonchev–Trinajstić information content (AvgIpc) is 2.33. The van der Waals surface area contributed by atoms with Crippen LogP contribution in [0.25, 0.3) is 0 Å². The molecular formula is C4H4N2O4S. The van der Waals surface area contributed by atoms with Crippen LogP contribution in [0.5, 0.6) is 0 Å². The molecule has 0 bridgehead atoms. The average molecular weight is 176 g/mol. The molecule has 1 amide bonds. The van der Waals surface area contributed by atoms with E-state index in [0.29, 0.717) is 11.9 Å². The fourth-order valence-corrected chi connectivity index (χ4v) is 1.09. The third-order valence-electron chi connectivity index (χ3n) is 0.936. The summed E-state index contributed by atoms with van der Waals surface area (Å²) in [6, 6.07) is 0. The molecule has 0 fully saturated rings. The van der Waals surface area contributed by atoms with Crippen LogP contribution in [-0.2, 0) is 4.79 Å². The smallest absolute Gasteiger partial charge is 0.419 e. The molecule has 1 rings (SSSR count). The van der Waals surface area contributed by atoms with E-state index in [2.05, 4.69) is 4.99 Å². The van der Waals surface area contributed by atoms with Gasteiger partial charge in [0.15, 0.2) is 5.04 Å². The van der Waals surface area contributed by atoms with E-state index < -0.39 is 12.1 Å². The van der Waals surface area contributed by atoms with E-state index in [1.165, 1.54) is 0 Å². The summed E-state index contributed by atoms with van der Waals surface area (Å²) in [6.07, 6.45) is -1.19. The van der Waals surface area contributed by atoms with Gasteiger partial charge in [-0.05, 0) is 0 Å². The van der Waals surface area contributed by atoms with Gasteiger partial charge >= 0.3 is 12.1 Å². The van der Waals surface area contributed by atoms with Gasteiger partial charge in [-0.3, -0.25) is 0 Å². The Morgan fingerprint density at radius 1 is 1.55 bits per heavy atom. The summed E-state index contributed by atoms with van der Waals surface area (Å²) in [5.41, 5.74) is 0. The zero-order valence-electron chi connectivity index (χ0n) is 5.22. The molecule has 0 aromatic carbocycles. The second-order valence-corrected chi connectivity index (χ2v) is 2.67. The SMILES string of the molecule is O=C(O)C1=NCN(C(=O)O)S1. The fourth-order valence-electron chi connectivity index (χ4n) is 0.497. The van der Waals surface area contributed by atoms with E-state index in [4.69, 9.17) is 10.2 Å². The van der Waals surface area contributed by atoms with E-state index in [0.717, 1.165) is 4.31 Å². The van der Waals surface area contributed by atoms with Gasteiger partial charge in [0.05, 0.1) is 0 Å². The van der Waals surface area contributed by atoms with Crippen molar-refractivity contribution in [1.82, 2.24) is 4.31 Å². The number of carboxylic acids is 1. The lowest BCUT2D eigenvalue weighted by Gasteiger charge is -2.05. The maximum Gasteiger partial charge on any atom is 0.419 e. The second kappa shape index (κ2) is 2.79. The van der Waals surface area contributed by atoms with Crippen LogP contribution in [0.3, 0.4) is 0 Å². The third kappa shape index (κ3) is 1.61. The van der Waals surface area contributed by atoms with Gasteiger partial charge in [0.1, 0.15) is 6.67 Å². The van der Waals surface area contributed by atoms with Gasteiger partial charge in [-0.25, -0.2) is 18.9 Å². The van der Waals surface area contributed by atoms with Crippen molar-refractivity contribution in [2.45, 2.75) is 0 Å². The van der Waals surface area contributed by atoms with Gasteiger partial charge in [0, 0.05) is 11.9 Å². The topological polar surface area (TPSA) is 90.2 Å². The standard InChI is InChI=1S/C4H4N2O4S/c7-3(8)2-5-1-6(11-2)4(9)10/h1H2,(H,7,8)(H,9,10). The van der Waals surface area contributed by atoms with Crippen LogP contribution in [0.4, 0.5) is 4.79 Å². The number of carbonyl (C=O) groups is 2. The first-order chi connectivity index (χ1) is 5.11. The molecule has 0 aliphatic carbocycles. The Kier molecular flexibility index (Phi) is 1.99. The number of rotatable bonds is 1. The van der Waals surface area contributed by atoms with E-state index >= 15 is 0 Å². The van der Waals surface area contributed by atoms with Crippen molar-refractivity contribution in [2.75, 3.05) is 6.67 Å². The van der Waals surface area contributed by atoms with Gasteiger partial charge in [0.2, 0.25) is 0 Å². The summed E-state index contributed by atoms with van der Waals surface area (Å²) >= 11 is 0.611. The Hall–Kier alpha value is -1.24. The molecule has 0 saturated carbocycles. The van der Waals surface area contributed by atoms with Gasteiger partial charge in [-0.15, -0.1) is 0 Å². The number of nitrogens with zero attached hydrogens (tertiary/aromatic N) is 2. The number of hydrogen-bond acceptors (Lipinski definition) is 4. The fraction of sp³-hybridized carbons (Fsp3) is 0.250. The lowest BCUT2D eigenvalue weighted by atomic mass is 10.7. The number of aliphatic imine (C=N–C) groups is 1. The van der Waals surface area contributed by atoms with Crippen molar-refractivity contribution in [3.05, 3.63) is 0 Å². The van der Waals surface area contributed by atoms with Crippen LogP contribution in [0.2, 0.25) is 0 Å².